The summed E-state index contributed by atoms with van der Waals surface area (Å²) in [6.07, 6.45) is -5.28. The normalized spacial score (nSPS) is 16.4. The lowest BCUT2D eigenvalue weighted by Crippen LogP contribution is -2.48. The van der Waals surface area contributed by atoms with Crippen LogP contribution in [0.4, 0.5) is 13.2 Å². The molecule has 1 N–H and O–H groups in total. The first-order valence-electron chi connectivity index (χ1n) is 6.98. The monoisotopic (exact) mass is 347 g/mol. The number of carbonyl (C=O) groups is 2. The van der Waals surface area contributed by atoms with Gasteiger partial charge in [-0.05, 0) is 17.7 Å². The molecule has 6 nitrogen and oxygen atoms in total. The number of ether oxygens (including phenoxy) is 3. The maximum Gasteiger partial charge on any atom is 0.471 e. The highest BCUT2D eigenvalue weighted by Crippen LogP contribution is 2.39. The van der Waals surface area contributed by atoms with E-state index in [0.717, 1.165) is 7.11 Å². The van der Waals surface area contributed by atoms with E-state index in [9.17, 15) is 22.8 Å². The quantitative estimate of drug-likeness (QED) is 0.843. The number of hydrogen-bond acceptors (Lipinski definition) is 5. The molecule has 0 spiro atoms. The van der Waals surface area contributed by atoms with Crippen LogP contribution in [-0.4, -0.2) is 37.0 Å². The minimum atomic E-state index is -5.09. The first-order valence-corrected chi connectivity index (χ1v) is 6.98. The van der Waals surface area contributed by atoms with Gasteiger partial charge in [-0.2, -0.15) is 13.2 Å². The average molecular weight is 347 g/mol. The van der Waals surface area contributed by atoms with Crippen molar-refractivity contribution < 1.29 is 37.0 Å². The Morgan fingerprint density at radius 2 is 1.88 bits per heavy atom. The molecule has 132 valence electrons. The first kappa shape index (κ1) is 17.9. The van der Waals surface area contributed by atoms with Crippen molar-refractivity contribution in [1.82, 2.24) is 5.32 Å². The maximum absolute atomic E-state index is 12.4. The van der Waals surface area contributed by atoms with E-state index >= 15 is 0 Å². The van der Waals surface area contributed by atoms with E-state index in [-0.39, 0.29) is 6.42 Å². The second kappa shape index (κ2) is 6.21. The molecule has 1 aliphatic heterocycles. The number of carbonyl (C=O) groups excluding carboxylic acids is 2. The van der Waals surface area contributed by atoms with Gasteiger partial charge in [-0.15, -0.1) is 0 Å². The molecule has 1 atom stereocenters. The van der Waals surface area contributed by atoms with Gasteiger partial charge in [-0.3, -0.25) is 4.79 Å². The molecule has 0 bridgehead atoms. The van der Waals surface area contributed by atoms with Crippen LogP contribution in [0, 0.1) is 0 Å². The number of esters is 1. The highest BCUT2D eigenvalue weighted by atomic mass is 19.4. The van der Waals surface area contributed by atoms with Gasteiger partial charge in [0.25, 0.3) is 0 Å². The van der Waals surface area contributed by atoms with E-state index in [1.807, 2.05) is 0 Å². The van der Waals surface area contributed by atoms with Crippen LogP contribution >= 0.6 is 0 Å². The molecular weight excluding hydrogens is 331 g/mol. The summed E-state index contributed by atoms with van der Waals surface area (Å²) in [6, 6.07) is 3.22. The Labute approximate surface area is 135 Å². The van der Waals surface area contributed by atoms with E-state index in [1.165, 1.54) is 0 Å². The number of halogens is 3. The van der Waals surface area contributed by atoms with E-state index in [1.54, 1.807) is 37.4 Å². The van der Waals surface area contributed by atoms with Crippen molar-refractivity contribution in [2.75, 3.05) is 7.11 Å². The van der Waals surface area contributed by atoms with E-state index < -0.39 is 29.9 Å². The molecule has 0 saturated heterocycles. The third-order valence-electron chi connectivity index (χ3n) is 3.21. The highest BCUT2D eigenvalue weighted by Gasteiger charge is 2.41. The summed E-state index contributed by atoms with van der Waals surface area (Å²) >= 11 is 0. The van der Waals surface area contributed by atoms with Crippen LogP contribution < -0.4 is 14.8 Å². The van der Waals surface area contributed by atoms with Gasteiger partial charge in [-0.25, -0.2) is 4.79 Å². The van der Waals surface area contributed by atoms with E-state index in [0.29, 0.717) is 17.1 Å². The predicted molar refractivity (Wildman–Crippen MR) is 75.5 cm³/mol. The van der Waals surface area contributed by atoms with Gasteiger partial charge in [0, 0.05) is 20.3 Å². The Morgan fingerprint density at radius 3 is 2.46 bits per heavy atom. The summed E-state index contributed by atoms with van der Waals surface area (Å²) in [5.74, 6) is -3.15. The average Bonchev–Trinajstić information content (AvgIpc) is 2.77. The molecule has 1 heterocycles. The maximum atomic E-state index is 12.4. The molecule has 0 aromatic heterocycles. The number of methoxy groups -OCH3 is 1. The lowest BCUT2D eigenvalue weighted by Gasteiger charge is -2.17. The number of benzene rings is 1. The van der Waals surface area contributed by atoms with Gasteiger partial charge in [0.15, 0.2) is 11.5 Å². The Kier molecular flexibility index (Phi) is 4.63. The second-order valence-corrected chi connectivity index (χ2v) is 5.64. The largest absolute Gasteiger partial charge is 0.471 e. The Morgan fingerprint density at radius 1 is 1.25 bits per heavy atom. The fourth-order valence-corrected chi connectivity index (χ4v) is 2.21. The number of amides is 1. The molecule has 2 rings (SSSR count). The fraction of sp³-hybridized carbons (Fsp3) is 0.467. The summed E-state index contributed by atoms with van der Waals surface area (Å²) in [7, 11) is 1.03. The molecule has 1 unspecified atom stereocenters. The molecule has 1 aliphatic rings. The van der Waals surface area contributed by atoms with Crippen molar-refractivity contribution in [3.63, 3.8) is 0 Å². The second-order valence-electron chi connectivity index (χ2n) is 5.64. The molecule has 24 heavy (non-hydrogen) atoms. The molecule has 1 aromatic carbocycles. The molecule has 1 amide bonds. The van der Waals surface area contributed by atoms with Crippen LogP contribution in [0.3, 0.4) is 0 Å². The Bertz CT molecular complexity index is 657. The molecule has 9 heteroatoms. The zero-order valence-electron chi connectivity index (χ0n) is 13.2. The topological polar surface area (TPSA) is 73.9 Å². The van der Waals surface area contributed by atoms with Gasteiger partial charge < -0.3 is 19.5 Å². The van der Waals surface area contributed by atoms with Crippen molar-refractivity contribution in [3.8, 4) is 11.5 Å². The van der Waals surface area contributed by atoms with Gasteiger partial charge in [0.2, 0.25) is 5.79 Å². The number of alkyl halides is 3. The standard InChI is InChI=1S/C15H16F3NO5/c1-14(2)23-10-5-4-8(7-11(10)24-14)6-9(12(20)22-3)19-13(21)15(16,17)18/h4-5,7,9H,6H2,1-3H3,(H,19,21). The summed E-state index contributed by atoms with van der Waals surface area (Å²) in [6.45, 7) is 3.40. The van der Waals surface area contributed by atoms with Crippen molar-refractivity contribution in [3.05, 3.63) is 23.8 Å². The zero-order valence-corrected chi connectivity index (χ0v) is 13.2. The van der Waals surface area contributed by atoms with Crippen molar-refractivity contribution in [2.24, 2.45) is 0 Å². The molecule has 0 radical (unpaired) electrons. The minimum Gasteiger partial charge on any atom is -0.467 e. The fourth-order valence-electron chi connectivity index (χ4n) is 2.21. The molecule has 1 aromatic rings. The third-order valence-corrected chi connectivity index (χ3v) is 3.21. The van der Waals surface area contributed by atoms with E-state index in [2.05, 4.69) is 4.74 Å². The van der Waals surface area contributed by atoms with E-state index in [4.69, 9.17) is 9.47 Å². The molecule has 0 saturated carbocycles. The van der Waals surface area contributed by atoms with Crippen molar-refractivity contribution >= 4 is 11.9 Å². The van der Waals surface area contributed by atoms with Gasteiger partial charge in [0.05, 0.1) is 7.11 Å². The van der Waals surface area contributed by atoms with Gasteiger partial charge >= 0.3 is 18.1 Å². The molecule has 0 aliphatic carbocycles. The van der Waals surface area contributed by atoms with Gasteiger partial charge in [-0.1, -0.05) is 6.07 Å². The number of nitrogens with one attached hydrogen (secondary N) is 1. The van der Waals surface area contributed by atoms with Crippen LogP contribution in [-0.2, 0) is 20.7 Å². The smallest absolute Gasteiger partial charge is 0.467 e. The number of fused-ring (bicyclic) bond motifs is 1. The zero-order chi connectivity index (χ0) is 18.1. The summed E-state index contributed by atoms with van der Waals surface area (Å²) in [5.41, 5.74) is 0.480. The van der Waals surface area contributed by atoms with Crippen molar-refractivity contribution in [2.45, 2.75) is 38.3 Å². The Hall–Kier alpha value is -2.45. The van der Waals surface area contributed by atoms with Crippen LogP contribution in [0.25, 0.3) is 0 Å². The van der Waals surface area contributed by atoms with Crippen LogP contribution in [0.1, 0.15) is 19.4 Å². The predicted octanol–water partition coefficient (Wildman–Crippen LogP) is 1.96. The highest BCUT2D eigenvalue weighted by molar-refractivity contribution is 5.87. The van der Waals surface area contributed by atoms with Crippen molar-refractivity contribution in [1.29, 1.82) is 0 Å². The SMILES string of the molecule is COC(=O)C(Cc1ccc2c(c1)OC(C)(C)O2)NC(=O)C(F)(F)F. The lowest BCUT2D eigenvalue weighted by atomic mass is 10.1. The first-order chi connectivity index (χ1) is 11.0. The Balaban J connectivity index is 2.16. The molecular formula is C15H16F3NO5. The van der Waals surface area contributed by atoms with Crippen LogP contribution in [0.15, 0.2) is 18.2 Å². The third kappa shape index (κ3) is 4.09. The number of hydrogen-bond donors (Lipinski definition) is 1. The van der Waals surface area contributed by atoms with Crippen LogP contribution in [0.5, 0.6) is 11.5 Å². The number of rotatable bonds is 4. The summed E-state index contributed by atoms with van der Waals surface area (Å²) in [5, 5.41) is 1.63. The summed E-state index contributed by atoms with van der Waals surface area (Å²) < 4.78 is 52.6. The lowest BCUT2D eigenvalue weighted by molar-refractivity contribution is -0.175. The molecule has 0 fully saturated rings. The van der Waals surface area contributed by atoms with Gasteiger partial charge in [0.1, 0.15) is 6.04 Å². The summed E-state index contributed by atoms with van der Waals surface area (Å²) in [4.78, 5) is 22.7. The van der Waals surface area contributed by atoms with Crippen LogP contribution in [0.2, 0.25) is 0 Å². The minimum absolute atomic E-state index is 0.189.